The molecule has 1 heterocycles. The molecule has 130 valence electrons. The van der Waals surface area contributed by atoms with Crippen molar-refractivity contribution in [1.29, 1.82) is 0 Å². The minimum Gasteiger partial charge on any atom is -0.328 e. The number of piperazine rings is 1. The van der Waals surface area contributed by atoms with Crippen LogP contribution in [0.2, 0.25) is 0 Å². The highest BCUT2D eigenvalue weighted by molar-refractivity contribution is 6.04. The van der Waals surface area contributed by atoms with Crippen molar-refractivity contribution in [2.75, 3.05) is 37.6 Å². The van der Waals surface area contributed by atoms with Crippen molar-refractivity contribution < 1.29 is 19.3 Å². The highest BCUT2D eigenvalue weighted by atomic mass is 16.2. The number of quaternary nitrogens is 1. The summed E-state index contributed by atoms with van der Waals surface area (Å²) in [6.07, 6.45) is 0. The highest BCUT2D eigenvalue weighted by Gasteiger charge is 2.32. The third-order valence-electron chi connectivity index (χ3n) is 4.20. The molecule has 1 aromatic carbocycles. The Morgan fingerprint density at radius 3 is 2.29 bits per heavy atom. The van der Waals surface area contributed by atoms with Gasteiger partial charge in [-0.05, 0) is 32.9 Å². The minimum absolute atomic E-state index is 0.0691. The van der Waals surface area contributed by atoms with Crippen LogP contribution in [0.3, 0.4) is 0 Å². The number of aryl methyl sites for hydroxylation is 1. The van der Waals surface area contributed by atoms with E-state index in [1.54, 1.807) is 0 Å². The average Bonchev–Trinajstić information content (AvgIpc) is 2.56. The number of carbonyl (C=O) groups excluding carboxylic acids is 3. The van der Waals surface area contributed by atoms with Gasteiger partial charge >= 0.3 is 0 Å². The molecular formula is C17H25N4O3+. The molecule has 2 rings (SSSR count). The van der Waals surface area contributed by atoms with Gasteiger partial charge in [-0.25, -0.2) is 5.01 Å². The third kappa shape index (κ3) is 4.32. The molecule has 0 spiro atoms. The van der Waals surface area contributed by atoms with Crippen LogP contribution in [-0.4, -0.2) is 55.5 Å². The number of hydrogen-bond donors (Lipinski definition) is 2. The molecule has 0 unspecified atom stereocenters. The smallest absolute Gasteiger partial charge is 0.293 e. The summed E-state index contributed by atoms with van der Waals surface area (Å²) in [5.41, 5.74) is 4.33. The summed E-state index contributed by atoms with van der Waals surface area (Å²) < 4.78 is 0. The summed E-state index contributed by atoms with van der Waals surface area (Å²) in [5.74, 6) is -0.759. The molecule has 0 aliphatic carbocycles. The average molecular weight is 333 g/mol. The van der Waals surface area contributed by atoms with E-state index in [-0.39, 0.29) is 37.4 Å². The number of nitrogens with zero attached hydrogens (tertiary/aromatic N) is 2. The van der Waals surface area contributed by atoms with Crippen LogP contribution in [-0.2, 0) is 14.4 Å². The van der Waals surface area contributed by atoms with Crippen molar-refractivity contribution in [2.24, 2.45) is 0 Å². The summed E-state index contributed by atoms with van der Waals surface area (Å²) in [6.45, 7) is 7.69. The fourth-order valence-corrected chi connectivity index (χ4v) is 2.60. The van der Waals surface area contributed by atoms with Crippen LogP contribution in [0.25, 0.3) is 0 Å². The number of hydrazine groups is 1. The zero-order valence-corrected chi connectivity index (χ0v) is 14.5. The molecule has 24 heavy (non-hydrogen) atoms. The van der Waals surface area contributed by atoms with Crippen molar-refractivity contribution in [1.82, 2.24) is 10.4 Å². The molecule has 0 aromatic heterocycles. The molecule has 0 saturated carbocycles. The summed E-state index contributed by atoms with van der Waals surface area (Å²) >= 11 is 0. The van der Waals surface area contributed by atoms with Crippen LogP contribution in [0.15, 0.2) is 24.3 Å². The number of carbonyl (C=O) groups is 3. The predicted molar refractivity (Wildman–Crippen MR) is 90.3 cm³/mol. The Bertz CT molecular complexity index is 611. The van der Waals surface area contributed by atoms with Gasteiger partial charge in [0.25, 0.3) is 11.8 Å². The zero-order valence-electron chi connectivity index (χ0n) is 14.5. The van der Waals surface area contributed by atoms with E-state index < -0.39 is 0 Å². The lowest BCUT2D eigenvalue weighted by Crippen LogP contribution is -3.12. The Morgan fingerprint density at radius 2 is 1.71 bits per heavy atom. The van der Waals surface area contributed by atoms with E-state index in [9.17, 15) is 14.4 Å². The lowest BCUT2D eigenvalue weighted by atomic mass is 10.2. The van der Waals surface area contributed by atoms with Gasteiger partial charge in [-0.3, -0.25) is 19.8 Å². The van der Waals surface area contributed by atoms with Gasteiger partial charge in [-0.1, -0.05) is 17.7 Å². The minimum atomic E-state index is -0.293. The molecule has 0 bridgehead atoms. The van der Waals surface area contributed by atoms with Crippen LogP contribution in [0.1, 0.15) is 19.4 Å². The van der Waals surface area contributed by atoms with Crippen LogP contribution in [0.4, 0.5) is 5.69 Å². The van der Waals surface area contributed by atoms with Crippen LogP contribution >= 0.6 is 0 Å². The van der Waals surface area contributed by atoms with Crippen LogP contribution in [0.5, 0.6) is 0 Å². The number of rotatable bonds is 6. The van der Waals surface area contributed by atoms with E-state index in [1.165, 1.54) is 4.90 Å². The molecular weight excluding hydrogens is 308 g/mol. The Kier molecular flexibility index (Phi) is 5.92. The van der Waals surface area contributed by atoms with E-state index in [2.05, 4.69) is 5.43 Å². The molecule has 3 amide bonds. The molecule has 1 saturated heterocycles. The van der Waals surface area contributed by atoms with E-state index in [1.807, 2.05) is 45.0 Å². The van der Waals surface area contributed by atoms with Gasteiger partial charge in [0.15, 0.2) is 6.54 Å². The van der Waals surface area contributed by atoms with Gasteiger partial charge in [0, 0.05) is 5.69 Å². The molecule has 0 atom stereocenters. The van der Waals surface area contributed by atoms with Crippen molar-refractivity contribution in [2.45, 2.75) is 20.8 Å². The Hall–Kier alpha value is -2.41. The first-order valence-corrected chi connectivity index (χ1v) is 8.25. The van der Waals surface area contributed by atoms with Gasteiger partial charge in [-0.15, -0.1) is 0 Å². The SMILES string of the molecule is CC[NH+](CC)CC(=O)NN1CC(=O)N(c2ccc(C)cc2)CC1=O. The second-order valence-electron chi connectivity index (χ2n) is 5.96. The van der Waals surface area contributed by atoms with Crippen molar-refractivity contribution in [3.63, 3.8) is 0 Å². The number of amides is 3. The Morgan fingerprint density at radius 1 is 1.08 bits per heavy atom. The number of likely N-dealkylation sites (N-methyl/N-ethyl adjacent to an activating group) is 1. The molecule has 1 aliphatic rings. The van der Waals surface area contributed by atoms with Crippen molar-refractivity contribution in [3.8, 4) is 0 Å². The van der Waals surface area contributed by atoms with E-state index >= 15 is 0 Å². The lowest BCUT2D eigenvalue weighted by molar-refractivity contribution is -0.888. The maximum absolute atomic E-state index is 12.3. The second-order valence-corrected chi connectivity index (χ2v) is 5.96. The number of anilines is 1. The topological polar surface area (TPSA) is 74.2 Å². The molecule has 2 N–H and O–H groups in total. The van der Waals surface area contributed by atoms with E-state index in [0.717, 1.165) is 28.6 Å². The monoisotopic (exact) mass is 333 g/mol. The zero-order chi connectivity index (χ0) is 17.7. The Labute approximate surface area is 142 Å². The fourth-order valence-electron chi connectivity index (χ4n) is 2.60. The number of hydrogen-bond acceptors (Lipinski definition) is 3. The highest BCUT2D eigenvalue weighted by Crippen LogP contribution is 2.17. The number of benzene rings is 1. The van der Waals surface area contributed by atoms with Gasteiger partial charge in [-0.2, -0.15) is 0 Å². The third-order valence-corrected chi connectivity index (χ3v) is 4.20. The molecule has 1 aromatic rings. The summed E-state index contributed by atoms with van der Waals surface area (Å²) in [7, 11) is 0. The van der Waals surface area contributed by atoms with E-state index in [4.69, 9.17) is 0 Å². The maximum atomic E-state index is 12.3. The van der Waals surface area contributed by atoms with Crippen LogP contribution < -0.4 is 15.2 Å². The normalized spacial score (nSPS) is 15.2. The lowest BCUT2D eigenvalue weighted by Gasteiger charge is -2.33. The largest absolute Gasteiger partial charge is 0.328 e. The molecule has 0 radical (unpaired) electrons. The molecule has 1 fully saturated rings. The first-order valence-electron chi connectivity index (χ1n) is 8.25. The van der Waals surface area contributed by atoms with Gasteiger partial charge in [0.1, 0.15) is 13.1 Å². The standard InChI is InChI=1S/C17H24N4O3/c1-4-19(5-2)10-15(22)18-21-12-16(23)20(11-17(21)24)14-8-6-13(3)7-9-14/h6-9H,4-5,10-12H2,1-3H3,(H,18,22)/p+1. The van der Waals surface area contributed by atoms with Gasteiger partial charge in [0.2, 0.25) is 5.91 Å². The fraction of sp³-hybridized carbons (Fsp3) is 0.471. The van der Waals surface area contributed by atoms with Crippen LogP contribution in [0, 0.1) is 6.92 Å². The molecule has 7 heteroatoms. The first kappa shape index (κ1) is 17.9. The summed E-state index contributed by atoms with van der Waals surface area (Å²) in [5, 5.41) is 1.12. The second kappa shape index (κ2) is 7.92. The first-order chi connectivity index (χ1) is 11.4. The summed E-state index contributed by atoms with van der Waals surface area (Å²) in [6, 6.07) is 7.43. The number of nitrogens with one attached hydrogen (secondary N) is 2. The van der Waals surface area contributed by atoms with Crippen molar-refractivity contribution >= 4 is 23.4 Å². The maximum Gasteiger partial charge on any atom is 0.293 e. The van der Waals surface area contributed by atoms with E-state index in [0.29, 0.717) is 5.69 Å². The quantitative estimate of drug-likeness (QED) is 0.710. The van der Waals surface area contributed by atoms with Crippen molar-refractivity contribution in [3.05, 3.63) is 29.8 Å². The summed E-state index contributed by atoms with van der Waals surface area (Å²) in [4.78, 5) is 39.2. The molecule has 7 nitrogen and oxygen atoms in total. The van der Waals surface area contributed by atoms with Gasteiger partial charge in [0.05, 0.1) is 13.1 Å². The van der Waals surface area contributed by atoms with Gasteiger partial charge < -0.3 is 9.80 Å². The predicted octanol–water partition coefficient (Wildman–Crippen LogP) is -0.874. The Balaban J connectivity index is 1.98. The molecule has 1 aliphatic heterocycles.